The predicted molar refractivity (Wildman–Crippen MR) is 63.6 cm³/mol. The zero-order valence-electron chi connectivity index (χ0n) is 10.2. The van der Waals surface area contributed by atoms with Crippen LogP contribution in [0.25, 0.3) is 0 Å². The summed E-state index contributed by atoms with van der Waals surface area (Å²) in [4.78, 5) is 0. The van der Waals surface area contributed by atoms with Crippen molar-refractivity contribution in [3.05, 3.63) is 0 Å². The molecule has 15 heavy (non-hydrogen) atoms. The maximum absolute atomic E-state index is 9.39. The topological polar surface area (TPSA) is 35.8 Å². The fraction of sp³-hybridized carbons (Fsp3) is 0.923. The van der Waals surface area contributed by atoms with Crippen molar-refractivity contribution in [1.29, 1.82) is 5.26 Å². The first-order chi connectivity index (χ1) is 7.26. The van der Waals surface area contributed by atoms with Gasteiger partial charge < -0.3 is 0 Å². The quantitative estimate of drug-likeness (QED) is 0.726. The number of rotatable bonds is 6. The van der Waals surface area contributed by atoms with Crippen LogP contribution >= 0.6 is 0 Å². The van der Waals surface area contributed by atoms with E-state index >= 15 is 0 Å². The molecule has 0 spiro atoms. The van der Waals surface area contributed by atoms with Gasteiger partial charge in [-0.15, -0.1) is 0 Å². The van der Waals surface area contributed by atoms with E-state index in [0.717, 1.165) is 25.7 Å². The molecule has 1 aliphatic rings. The Bertz CT molecular complexity index is 205. The second kappa shape index (κ2) is 6.12. The van der Waals surface area contributed by atoms with Crippen LogP contribution in [0.1, 0.15) is 65.2 Å². The maximum atomic E-state index is 9.39. The summed E-state index contributed by atoms with van der Waals surface area (Å²) in [5, 5.41) is 13.0. The van der Waals surface area contributed by atoms with E-state index in [0.29, 0.717) is 6.04 Å². The lowest BCUT2D eigenvalue weighted by Gasteiger charge is -2.30. The fourth-order valence-corrected chi connectivity index (χ4v) is 2.73. The Morgan fingerprint density at radius 1 is 1.20 bits per heavy atom. The Morgan fingerprint density at radius 2 is 1.73 bits per heavy atom. The smallest absolute Gasteiger partial charge is 0.106 e. The van der Waals surface area contributed by atoms with Gasteiger partial charge in [0, 0.05) is 6.04 Å². The summed E-state index contributed by atoms with van der Waals surface area (Å²) >= 11 is 0. The minimum Gasteiger partial charge on any atom is -0.297 e. The molecule has 0 aromatic rings. The molecule has 1 saturated carbocycles. The Balaban J connectivity index is 2.56. The second-order valence-electron chi connectivity index (χ2n) is 4.82. The summed E-state index contributed by atoms with van der Waals surface area (Å²) in [6.45, 7) is 4.33. The van der Waals surface area contributed by atoms with Crippen molar-refractivity contribution >= 4 is 0 Å². The molecule has 2 heteroatoms. The van der Waals surface area contributed by atoms with E-state index in [4.69, 9.17) is 0 Å². The molecule has 0 aromatic carbocycles. The van der Waals surface area contributed by atoms with Crippen LogP contribution in [0.15, 0.2) is 0 Å². The molecule has 0 aromatic heterocycles. The molecule has 0 radical (unpaired) electrons. The van der Waals surface area contributed by atoms with Crippen LogP contribution in [0.5, 0.6) is 0 Å². The van der Waals surface area contributed by atoms with Crippen LogP contribution in [-0.4, -0.2) is 11.6 Å². The zero-order chi connectivity index (χ0) is 11.1. The third-order valence-electron chi connectivity index (χ3n) is 3.40. The van der Waals surface area contributed by atoms with Crippen molar-refractivity contribution < 1.29 is 0 Å². The van der Waals surface area contributed by atoms with Crippen molar-refractivity contribution in [2.75, 3.05) is 0 Å². The fourth-order valence-electron chi connectivity index (χ4n) is 2.73. The normalized spacial score (nSPS) is 17.9. The molecule has 0 bridgehead atoms. The van der Waals surface area contributed by atoms with E-state index in [9.17, 15) is 5.26 Å². The second-order valence-corrected chi connectivity index (χ2v) is 4.82. The van der Waals surface area contributed by atoms with Crippen molar-refractivity contribution in [3.63, 3.8) is 0 Å². The van der Waals surface area contributed by atoms with Gasteiger partial charge in [-0.05, 0) is 25.7 Å². The number of nitriles is 1. The molecule has 1 fully saturated rings. The van der Waals surface area contributed by atoms with E-state index in [1.807, 2.05) is 0 Å². The molecule has 0 aliphatic heterocycles. The van der Waals surface area contributed by atoms with Crippen molar-refractivity contribution in [3.8, 4) is 6.07 Å². The molecule has 1 rings (SSSR count). The Hall–Kier alpha value is -0.550. The van der Waals surface area contributed by atoms with Gasteiger partial charge in [-0.3, -0.25) is 5.32 Å². The lowest BCUT2D eigenvalue weighted by atomic mass is 9.89. The first kappa shape index (κ1) is 12.5. The van der Waals surface area contributed by atoms with Crippen LogP contribution < -0.4 is 5.32 Å². The van der Waals surface area contributed by atoms with Crippen LogP contribution in [0.2, 0.25) is 0 Å². The van der Waals surface area contributed by atoms with E-state index in [2.05, 4.69) is 25.2 Å². The van der Waals surface area contributed by atoms with Crippen LogP contribution in [-0.2, 0) is 0 Å². The molecule has 0 heterocycles. The Morgan fingerprint density at radius 3 is 2.13 bits per heavy atom. The largest absolute Gasteiger partial charge is 0.297 e. The van der Waals surface area contributed by atoms with Gasteiger partial charge in [-0.2, -0.15) is 5.26 Å². The molecule has 0 atom stereocenters. The van der Waals surface area contributed by atoms with E-state index in [-0.39, 0.29) is 5.54 Å². The van der Waals surface area contributed by atoms with Crippen molar-refractivity contribution in [1.82, 2.24) is 5.32 Å². The minimum absolute atomic E-state index is 0.238. The molecule has 0 unspecified atom stereocenters. The highest BCUT2D eigenvalue weighted by molar-refractivity contribution is 5.08. The first-order valence-corrected chi connectivity index (χ1v) is 6.45. The summed E-state index contributed by atoms with van der Waals surface area (Å²) in [6, 6.07) is 3.13. The third-order valence-corrected chi connectivity index (χ3v) is 3.40. The predicted octanol–water partition coefficient (Wildman–Crippen LogP) is 3.38. The van der Waals surface area contributed by atoms with Crippen LogP contribution in [0.3, 0.4) is 0 Å². The third kappa shape index (κ3) is 3.50. The first-order valence-electron chi connectivity index (χ1n) is 6.45. The SMILES string of the molecule is CCCC(C#N)(CCC)NC1CCCC1. The summed E-state index contributed by atoms with van der Waals surface area (Å²) in [5.74, 6) is 0. The molecular formula is C13H24N2. The number of nitrogens with zero attached hydrogens (tertiary/aromatic N) is 1. The van der Waals surface area contributed by atoms with Gasteiger partial charge in [0.05, 0.1) is 6.07 Å². The molecule has 2 nitrogen and oxygen atoms in total. The lowest BCUT2D eigenvalue weighted by molar-refractivity contribution is 0.311. The van der Waals surface area contributed by atoms with Crippen molar-refractivity contribution in [2.24, 2.45) is 0 Å². The van der Waals surface area contributed by atoms with Gasteiger partial charge in [0.2, 0.25) is 0 Å². The van der Waals surface area contributed by atoms with Crippen molar-refractivity contribution in [2.45, 2.75) is 76.8 Å². The standard InChI is InChI=1S/C13H24N2/c1-3-9-13(11-14,10-4-2)15-12-7-5-6-8-12/h12,15H,3-10H2,1-2H3. The van der Waals surface area contributed by atoms with Gasteiger partial charge >= 0.3 is 0 Å². The summed E-state index contributed by atoms with van der Waals surface area (Å²) in [6.07, 6.45) is 9.35. The van der Waals surface area contributed by atoms with Gasteiger partial charge in [-0.1, -0.05) is 39.5 Å². The minimum atomic E-state index is -0.238. The molecule has 0 saturated heterocycles. The average molecular weight is 208 g/mol. The number of hydrogen-bond donors (Lipinski definition) is 1. The molecule has 0 amide bonds. The number of hydrogen-bond acceptors (Lipinski definition) is 2. The van der Waals surface area contributed by atoms with E-state index in [1.54, 1.807) is 0 Å². The highest BCUT2D eigenvalue weighted by atomic mass is 15.0. The van der Waals surface area contributed by atoms with Gasteiger partial charge in [0.25, 0.3) is 0 Å². The Kier molecular flexibility index (Phi) is 5.11. The zero-order valence-corrected chi connectivity index (χ0v) is 10.2. The van der Waals surface area contributed by atoms with E-state index in [1.165, 1.54) is 25.7 Å². The summed E-state index contributed by atoms with van der Waals surface area (Å²) in [7, 11) is 0. The maximum Gasteiger partial charge on any atom is 0.106 e. The summed E-state index contributed by atoms with van der Waals surface area (Å²) in [5.41, 5.74) is -0.238. The van der Waals surface area contributed by atoms with Crippen LogP contribution in [0, 0.1) is 11.3 Å². The molecule has 1 aliphatic carbocycles. The Labute approximate surface area is 94.1 Å². The van der Waals surface area contributed by atoms with Gasteiger partial charge in [-0.25, -0.2) is 0 Å². The van der Waals surface area contributed by atoms with Gasteiger partial charge in [0.15, 0.2) is 0 Å². The van der Waals surface area contributed by atoms with Crippen LogP contribution in [0.4, 0.5) is 0 Å². The highest BCUT2D eigenvalue weighted by Gasteiger charge is 2.31. The average Bonchev–Trinajstić information content (AvgIpc) is 2.71. The van der Waals surface area contributed by atoms with Gasteiger partial charge in [0.1, 0.15) is 5.54 Å². The number of nitrogens with one attached hydrogen (secondary N) is 1. The molecule has 1 N–H and O–H groups in total. The molecule has 86 valence electrons. The monoisotopic (exact) mass is 208 g/mol. The lowest BCUT2D eigenvalue weighted by Crippen LogP contribution is -2.48. The summed E-state index contributed by atoms with van der Waals surface area (Å²) < 4.78 is 0. The highest BCUT2D eigenvalue weighted by Crippen LogP contribution is 2.25. The van der Waals surface area contributed by atoms with E-state index < -0.39 is 0 Å². The molecular weight excluding hydrogens is 184 g/mol.